The van der Waals surface area contributed by atoms with Gasteiger partial charge in [0.05, 0.1) is 0 Å². The Kier molecular flexibility index (Phi) is 9.89. The number of hydrogen-bond donors (Lipinski definition) is 0. The van der Waals surface area contributed by atoms with Gasteiger partial charge >= 0.3 is 17.9 Å². The third-order valence-electron chi connectivity index (χ3n) is 3.79. The van der Waals surface area contributed by atoms with Gasteiger partial charge in [0.15, 0.2) is 0 Å². The van der Waals surface area contributed by atoms with Crippen molar-refractivity contribution in [2.24, 2.45) is 5.41 Å². The highest BCUT2D eigenvalue weighted by atomic mass is 79.9. The van der Waals surface area contributed by atoms with E-state index in [4.69, 9.17) is 14.2 Å². The van der Waals surface area contributed by atoms with Crippen LogP contribution in [0, 0.1) is 5.41 Å². The molecule has 28 heavy (non-hydrogen) atoms. The van der Waals surface area contributed by atoms with Crippen LogP contribution >= 0.6 is 31.9 Å². The molecule has 0 spiro atoms. The molecule has 0 aliphatic carbocycles. The second kappa shape index (κ2) is 11.4. The molecule has 0 aliphatic rings. The lowest BCUT2D eigenvalue weighted by molar-refractivity contribution is -0.170. The molecule has 0 N–H and O–H groups in total. The third kappa shape index (κ3) is 7.75. The van der Waals surface area contributed by atoms with Crippen molar-refractivity contribution in [1.29, 1.82) is 0 Å². The van der Waals surface area contributed by atoms with Gasteiger partial charge in [0, 0.05) is 0 Å². The van der Waals surface area contributed by atoms with Crippen LogP contribution in [-0.2, 0) is 35.2 Å². The van der Waals surface area contributed by atoms with Gasteiger partial charge in [-0.15, -0.1) is 0 Å². The molecular weight excluding hydrogens is 496 g/mol. The van der Waals surface area contributed by atoms with Gasteiger partial charge in [0.1, 0.15) is 34.9 Å². The van der Waals surface area contributed by atoms with E-state index < -0.39 is 33.0 Å². The fraction of sp³-hybridized carbons (Fsp3) is 0.450. The van der Waals surface area contributed by atoms with Crippen molar-refractivity contribution in [3.63, 3.8) is 0 Å². The molecule has 1 aromatic rings. The first-order chi connectivity index (χ1) is 13.1. The first-order valence-corrected chi connectivity index (χ1v) is 10.4. The second-order valence-corrected chi connectivity index (χ2v) is 9.28. The molecule has 154 valence electrons. The highest BCUT2D eigenvalue weighted by Crippen LogP contribution is 2.23. The van der Waals surface area contributed by atoms with Crippen LogP contribution in [0.2, 0.25) is 0 Å². The first-order valence-electron chi connectivity index (χ1n) is 8.59. The van der Waals surface area contributed by atoms with Crippen LogP contribution in [0.1, 0.15) is 31.9 Å². The highest BCUT2D eigenvalue weighted by Gasteiger charge is 2.39. The lowest BCUT2D eigenvalue weighted by Gasteiger charge is -2.27. The van der Waals surface area contributed by atoms with E-state index in [9.17, 15) is 14.4 Å². The number of carbonyl (C=O) groups excluding carboxylic acids is 3. The monoisotopic (exact) mass is 518 g/mol. The lowest BCUT2D eigenvalue weighted by atomic mass is 9.93. The van der Waals surface area contributed by atoms with Gasteiger partial charge in [-0.25, -0.2) is 0 Å². The Morgan fingerprint density at radius 3 is 1.86 bits per heavy atom. The molecule has 1 rings (SSSR count). The molecule has 0 saturated carbocycles. The van der Waals surface area contributed by atoms with Gasteiger partial charge in [0.2, 0.25) is 0 Å². The second-order valence-electron chi connectivity index (χ2n) is 6.53. The minimum atomic E-state index is -1.34. The van der Waals surface area contributed by atoms with Crippen LogP contribution in [0.5, 0.6) is 0 Å². The topological polar surface area (TPSA) is 78.9 Å². The van der Waals surface area contributed by atoms with Crippen molar-refractivity contribution in [3.05, 3.63) is 42.0 Å². The van der Waals surface area contributed by atoms with Gasteiger partial charge in [-0.05, 0) is 31.9 Å². The summed E-state index contributed by atoms with van der Waals surface area (Å²) in [6.07, 6.45) is 1.71. The molecule has 0 radical (unpaired) electrons. The van der Waals surface area contributed by atoms with Crippen LogP contribution in [0.25, 0.3) is 6.08 Å². The summed E-state index contributed by atoms with van der Waals surface area (Å²) >= 11 is 6.22. The zero-order valence-electron chi connectivity index (χ0n) is 16.1. The maximum atomic E-state index is 12.7. The predicted octanol–water partition coefficient (Wildman–Crippen LogP) is 4.03. The molecule has 0 fully saturated rings. The fourth-order valence-corrected chi connectivity index (χ4v) is 2.19. The number of alkyl halides is 2. The summed E-state index contributed by atoms with van der Waals surface area (Å²) in [6.45, 7) is 7.91. The Morgan fingerprint density at radius 2 is 1.46 bits per heavy atom. The standard InChI is InChI=1S/C20H24Br2O6/c1-5-15-6-8-16(9-7-15)10-26-19(25)20(4,11-27-17(23)13(2)21)12-28-18(24)14(3)22/h5-9,13-14H,1,10-12H2,2-4H3. The fourth-order valence-electron chi connectivity index (χ4n) is 1.92. The van der Waals surface area contributed by atoms with E-state index in [0.717, 1.165) is 11.1 Å². The molecular formula is C20H24Br2O6. The minimum Gasteiger partial charge on any atom is -0.464 e. The van der Waals surface area contributed by atoms with E-state index in [1.165, 1.54) is 6.92 Å². The van der Waals surface area contributed by atoms with Gasteiger partial charge in [-0.2, -0.15) is 0 Å². The third-order valence-corrected chi connectivity index (χ3v) is 4.54. The number of rotatable bonds is 10. The highest BCUT2D eigenvalue weighted by molar-refractivity contribution is 9.10. The largest absolute Gasteiger partial charge is 0.464 e. The van der Waals surface area contributed by atoms with Crippen LogP contribution in [0.4, 0.5) is 0 Å². The molecule has 1 aromatic carbocycles. The number of esters is 3. The number of ether oxygens (including phenoxy) is 3. The van der Waals surface area contributed by atoms with Crippen molar-refractivity contribution in [3.8, 4) is 0 Å². The molecule has 0 aliphatic heterocycles. The maximum absolute atomic E-state index is 12.7. The van der Waals surface area contributed by atoms with Crippen molar-refractivity contribution in [1.82, 2.24) is 0 Å². The Hall–Kier alpha value is -1.67. The Bertz CT molecular complexity index is 673. The zero-order chi connectivity index (χ0) is 21.3. The molecule has 6 nitrogen and oxygen atoms in total. The Balaban J connectivity index is 2.81. The van der Waals surface area contributed by atoms with Crippen LogP contribution in [0.3, 0.4) is 0 Å². The van der Waals surface area contributed by atoms with Crippen LogP contribution < -0.4 is 0 Å². The summed E-state index contributed by atoms with van der Waals surface area (Å²) in [7, 11) is 0. The molecule has 0 amide bonds. The molecule has 2 atom stereocenters. The minimum absolute atomic E-state index is 0.0391. The van der Waals surface area contributed by atoms with Crippen LogP contribution in [-0.4, -0.2) is 40.8 Å². The van der Waals surface area contributed by atoms with Gasteiger partial charge in [0.25, 0.3) is 0 Å². The van der Waals surface area contributed by atoms with E-state index in [1.807, 2.05) is 24.3 Å². The molecule has 0 heterocycles. The van der Waals surface area contributed by atoms with Crippen LogP contribution in [0.15, 0.2) is 30.8 Å². The SMILES string of the molecule is C=Cc1ccc(COC(=O)C(C)(COC(=O)C(C)Br)COC(=O)C(C)Br)cc1. The number of hydrogen-bond acceptors (Lipinski definition) is 6. The zero-order valence-corrected chi connectivity index (χ0v) is 19.2. The lowest BCUT2D eigenvalue weighted by Crippen LogP contribution is -2.41. The molecule has 0 saturated heterocycles. The average Bonchev–Trinajstić information content (AvgIpc) is 2.68. The van der Waals surface area contributed by atoms with E-state index in [-0.39, 0.29) is 19.8 Å². The summed E-state index contributed by atoms with van der Waals surface area (Å²) in [5, 5.41) is 0. The van der Waals surface area contributed by atoms with Gasteiger partial charge in [-0.1, -0.05) is 68.8 Å². The Labute approximate surface area is 181 Å². The van der Waals surface area contributed by atoms with Crippen molar-refractivity contribution in [2.75, 3.05) is 13.2 Å². The molecule has 0 aromatic heterocycles. The summed E-state index contributed by atoms with van der Waals surface area (Å²) in [5.74, 6) is -1.69. The smallest absolute Gasteiger partial charge is 0.319 e. The molecule has 0 bridgehead atoms. The summed E-state index contributed by atoms with van der Waals surface area (Å²) in [4.78, 5) is 35.1. The van der Waals surface area contributed by atoms with E-state index in [0.29, 0.717) is 0 Å². The van der Waals surface area contributed by atoms with Crippen molar-refractivity contribution in [2.45, 2.75) is 37.0 Å². The van der Waals surface area contributed by atoms with Gasteiger partial charge < -0.3 is 14.2 Å². The first kappa shape index (κ1) is 24.4. The average molecular weight is 520 g/mol. The normalized spacial score (nSPS) is 14.9. The number of halogens is 2. The van der Waals surface area contributed by atoms with Crippen molar-refractivity contribution >= 4 is 55.8 Å². The number of carbonyl (C=O) groups is 3. The summed E-state index contributed by atoms with van der Waals surface area (Å²) < 4.78 is 15.7. The quantitative estimate of drug-likeness (QED) is 0.264. The number of benzene rings is 1. The van der Waals surface area contributed by atoms with Gasteiger partial charge in [-0.3, -0.25) is 14.4 Å². The molecule has 2 unspecified atom stereocenters. The molecule has 8 heteroatoms. The van der Waals surface area contributed by atoms with E-state index in [1.54, 1.807) is 19.9 Å². The van der Waals surface area contributed by atoms with E-state index >= 15 is 0 Å². The summed E-state index contributed by atoms with van der Waals surface area (Å²) in [6, 6.07) is 7.35. The maximum Gasteiger partial charge on any atom is 0.319 e. The Morgan fingerprint density at radius 1 is 1.00 bits per heavy atom. The van der Waals surface area contributed by atoms with E-state index in [2.05, 4.69) is 38.4 Å². The predicted molar refractivity (Wildman–Crippen MR) is 113 cm³/mol. The summed E-state index contributed by atoms with van der Waals surface area (Å²) in [5.41, 5.74) is 0.404. The van der Waals surface area contributed by atoms with Crippen molar-refractivity contribution < 1.29 is 28.6 Å².